The molecule has 0 aromatic heterocycles. The molecular formula is C26H53N2O7P. The van der Waals surface area contributed by atoms with Crippen LogP contribution in [0, 0.1) is 0 Å². The maximum absolute atomic E-state index is 12.1. The van der Waals surface area contributed by atoms with E-state index in [9.17, 15) is 24.2 Å². The number of carboxylic acids is 1. The summed E-state index contributed by atoms with van der Waals surface area (Å²) < 4.78 is 21.8. The van der Waals surface area contributed by atoms with Gasteiger partial charge in [0.15, 0.2) is 6.04 Å². The molecular weight excluding hydrogens is 483 g/mol. The number of nitrogens with zero attached hydrogens (tertiary/aromatic N) is 1. The minimum absolute atomic E-state index is 0.0758. The fourth-order valence-electron chi connectivity index (χ4n) is 3.73. The predicted molar refractivity (Wildman–Crippen MR) is 142 cm³/mol. The number of unbranched alkanes of at least 4 members (excludes halogenated alkanes) is 14. The first-order valence-corrected chi connectivity index (χ1v) is 15.4. The van der Waals surface area contributed by atoms with Gasteiger partial charge >= 0.3 is 5.97 Å². The van der Waals surface area contributed by atoms with E-state index in [0.717, 1.165) is 19.3 Å². The first kappa shape index (κ1) is 35.0. The highest BCUT2D eigenvalue weighted by atomic mass is 31.2. The van der Waals surface area contributed by atoms with E-state index in [4.69, 9.17) is 4.52 Å². The van der Waals surface area contributed by atoms with Crippen molar-refractivity contribution in [2.24, 2.45) is 0 Å². The number of aliphatic carboxylic acids is 1. The minimum atomic E-state index is -4.64. The molecule has 1 unspecified atom stereocenters. The lowest BCUT2D eigenvalue weighted by Crippen LogP contribution is -2.44. The number of carbonyl (C=O) groups is 2. The Morgan fingerprint density at radius 3 is 1.69 bits per heavy atom. The van der Waals surface area contributed by atoms with Crippen LogP contribution in [0.15, 0.2) is 0 Å². The van der Waals surface area contributed by atoms with Gasteiger partial charge in [-0.2, -0.15) is 0 Å². The van der Waals surface area contributed by atoms with Crippen LogP contribution in [-0.4, -0.2) is 68.4 Å². The Balaban J connectivity index is 3.82. The summed E-state index contributed by atoms with van der Waals surface area (Å²) in [7, 11) is 1.01. The number of carbonyl (C=O) groups excluding carboxylic acids is 1. The van der Waals surface area contributed by atoms with E-state index in [-0.39, 0.29) is 13.0 Å². The van der Waals surface area contributed by atoms with Crippen LogP contribution < -0.4 is 10.2 Å². The van der Waals surface area contributed by atoms with E-state index in [1.807, 2.05) is 21.1 Å². The largest absolute Gasteiger partial charge is 0.756 e. The van der Waals surface area contributed by atoms with Gasteiger partial charge in [0.25, 0.3) is 7.82 Å². The van der Waals surface area contributed by atoms with Crippen molar-refractivity contribution in [1.29, 1.82) is 0 Å². The normalized spacial score (nSPS) is 14.4. The number of phosphoric acid groups is 1. The average Bonchev–Trinajstić information content (AvgIpc) is 2.78. The van der Waals surface area contributed by atoms with Gasteiger partial charge in [0.2, 0.25) is 5.91 Å². The highest BCUT2D eigenvalue weighted by molar-refractivity contribution is 7.45. The molecule has 0 aliphatic carbocycles. The lowest BCUT2D eigenvalue weighted by molar-refractivity contribution is -0.870. The quantitative estimate of drug-likeness (QED) is 0.0953. The van der Waals surface area contributed by atoms with Gasteiger partial charge in [-0.15, -0.1) is 0 Å². The third-order valence-corrected chi connectivity index (χ3v) is 7.02. The monoisotopic (exact) mass is 536 g/mol. The molecule has 214 valence electrons. The van der Waals surface area contributed by atoms with Crippen LogP contribution in [0.4, 0.5) is 0 Å². The molecule has 0 heterocycles. The Hall–Kier alpha value is -0.990. The molecule has 36 heavy (non-hydrogen) atoms. The Morgan fingerprint density at radius 1 is 0.833 bits per heavy atom. The molecule has 0 aromatic carbocycles. The molecule has 0 radical (unpaired) electrons. The van der Waals surface area contributed by atoms with E-state index < -0.39 is 32.3 Å². The van der Waals surface area contributed by atoms with Gasteiger partial charge in [0, 0.05) is 6.42 Å². The molecule has 9 nitrogen and oxygen atoms in total. The van der Waals surface area contributed by atoms with E-state index in [0.29, 0.717) is 17.4 Å². The summed E-state index contributed by atoms with van der Waals surface area (Å²) in [6.07, 6.45) is 18.6. The fourth-order valence-corrected chi connectivity index (χ4v) is 4.44. The van der Waals surface area contributed by atoms with Gasteiger partial charge in [0.1, 0.15) is 13.2 Å². The Bertz CT molecular complexity index is 626. The van der Waals surface area contributed by atoms with Crippen LogP contribution in [0.2, 0.25) is 0 Å². The second-order valence-electron chi connectivity index (χ2n) is 10.7. The molecule has 0 aliphatic rings. The predicted octanol–water partition coefficient (Wildman–Crippen LogP) is 5.03. The van der Waals surface area contributed by atoms with Crippen LogP contribution >= 0.6 is 7.82 Å². The number of rotatable bonds is 25. The first-order valence-electron chi connectivity index (χ1n) is 13.9. The fraction of sp³-hybridized carbons (Fsp3) is 0.923. The highest BCUT2D eigenvalue weighted by Crippen LogP contribution is 2.38. The Kier molecular flexibility index (Phi) is 20.4. The third kappa shape index (κ3) is 23.4. The van der Waals surface area contributed by atoms with Crippen LogP contribution in [-0.2, 0) is 23.2 Å². The zero-order valence-electron chi connectivity index (χ0n) is 23.3. The maximum atomic E-state index is 12.1. The molecule has 0 saturated carbocycles. The Labute approximate surface area is 219 Å². The smallest absolute Gasteiger partial charge is 0.328 e. The van der Waals surface area contributed by atoms with Crippen molar-refractivity contribution in [3.8, 4) is 0 Å². The molecule has 10 heteroatoms. The molecule has 2 atom stereocenters. The summed E-state index contributed by atoms with van der Waals surface area (Å²) in [5.41, 5.74) is 0. The molecule has 1 amide bonds. The number of carboxylic acid groups (broad SMARTS) is 1. The topological polar surface area (TPSA) is 125 Å². The number of phosphoric ester groups is 1. The molecule has 0 spiro atoms. The standard InChI is InChI=1S/C26H53N2O7P/c1-5-6-7-8-9-10-11-12-13-14-15-16-17-18-19-20-25(29)27-24(26(30)31)23-35-36(32,33)34-22-21-28(2,3)4/h24H,5-23H2,1-4H3,(H2-,27,29,30,31,32,33)/t24-/m0/s1. The van der Waals surface area contributed by atoms with Gasteiger partial charge in [-0.1, -0.05) is 96.8 Å². The number of hydrogen-bond acceptors (Lipinski definition) is 6. The van der Waals surface area contributed by atoms with Crippen LogP contribution in [0.5, 0.6) is 0 Å². The summed E-state index contributed by atoms with van der Waals surface area (Å²) in [5.74, 6) is -1.78. The van der Waals surface area contributed by atoms with Gasteiger partial charge in [-0.3, -0.25) is 9.36 Å². The second kappa shape index (κ2) is 21.0. The van der Waals surface area contributed by atoms with Gasteiger partial charge in [-0.25, -0.2) is 4.79 Å². The van der Waals surface area contributed by atoms with Crippen molar-refractivity contribution in [1.82, 2.24) is 5.32 Å². The van der Waals surface area contributed by atoms with E-state index in [1.165, 1.54) is 70.6 Å². The number of quaternary nitrogens is 1. The van der Waals surface area contributed by atoms with Crippen molar-refractivity contribution in [3.05, 3.63) is 0 Å². The number of amides is 1. The molecule has 0 saturated heterocycles. The van der Waals surface area contributed by atoms with Gasteiger partial charge in [-0.05, 0) is 6.42 Å². The van der Waals surface area contributed by atoms with E-state index >= 15 is 0 Å². The molecule has 0 aliphatic heterocycles. The lowest BCUT2D eigenvalue weighted by atomic mass is 10.0. The van der Waals surface area contributed by atoms with E-state index in [2.05, 4.69) is 16.8 Å². The zero-order valence-corrected chi connectivity index (χ0v) is 24.2. The molecule has 0 fully saturated rings. The van der Waals surface area contributed by atoms with Gasteiger partial charge < -0.3 is 28.8 Å². The summed E-state index contributed by atoms with van der Waals surface area (Å²) in [5, 5.41) is 11.6. The summed E-state index contributed by atoms with van der Waals surface area (Å²) in [6, 6.07) is -1.45. The Morgan fingerprint density at radius 2 is 1.28 bits per heavy atom. The minimum Gasteiger partial charge on any atom is -0.756 e. The van der Waals surface area contributed by atoms with Crippen molar-refractivity contribution in [2.75, 3.05) is 40.9 Å². The van der Waals surface area contributed by atoms with Crippen molar-refractivity contribution >= 4 is 19.7 Å². The molecule has 0 rings (SSSR count). The number of nitrogens with one attached hydrogen (secondary N) is 1. The van der Waals surface area contributed by atoms with Crippen molar-refractivity contribution < 1.29 is 37.7 Å². The summed E-state index contributed by atoms with van der Waals surface area (Å²) in [4.78, 5) is 35.3. The molecule has 0 bridgehead atoms. The number of hydrogen-bond donors (Lipinski definition) is 2. The first-order chi connectivity index (χ1) is 17.0. The highest BCUT2D eigenvalue weighted by Gasteiger charge is 2.23. The van der Waals surface area contributed by atoms with Crippen LogP contribution in [0.25, 0.3) is 0 Å². The zero-order chi connectivity index (χ0) is 27.3. The molecule has 0 aromatic rings. The second-order valence-corrected chi connectivity index (χ2v) is 12.2. The van der Waals surface area contributed by atoms with Crippen LogP contribution in [0.3, 0.4) is 0 Å². The average molecular weight is 537 g/mol. The summed E-state index contributed by atoms with van der Waals surface area (Å²) >= 11 is 0. The molecule has 2 N–H and O–H groups in total. The van der Waals surface area contributed by atoms with Crippen LogP contribution in [0.1, 0.15) is 110 Å². The van der Waals surface area contributed by atoms with Crippen molar-refractivity contribution in [2.45, 2.75) is 116 Å². The number of likely N-dealkylation sites (N-methyl/N-ethyl adjacent to an activating group) is 1. The third-order valence-electron chi connectivity index (χ3n) is 6.05. The van der Waals surface area contributed by atoms with Gasteiger partial charge in [0.05, 0.1) is 27.7 Å². The summed E-state index contributed by atoms with van der Waals surface area (Å²) in [6.45, 7) is 1.91. The lowest BCUT2D eigenvalue weighted by Gasteiger charge is -2.28. The SMILES string of the molecule is CCCCCCCCCCCCCCCCCC(=O)N[C@@H](COP(=O)([O-])OCC[N+](C)(C)C)C(=O)O. The van der Waals surface area contributed by atoms with E-state index in [1.54, 1.807) is 0 Å². The maximum Gasteiger partial charge on any atom is 0.328 e. The van der Waals surface area contributed by atoms with Crippen molar-refractivity contribution in [3.63, 3.8) is 0 Å².